The first kappa shape index (κ1) is 14.5. The van der Waals surface area contributed by atoms with Gasteiger partial charge in [0.15, 0.2) is 0 Å². The average Bonchev–Trinajstić information content (AvgIpc) is 2.97. The number of amides is 1. The van der Waals surface area contributed by atoms with Crippen molar-refractivity contribution in [1.82, 2.24) is 14.9 Å². The number of nitrogens with zero attached hydrogens (tertiary/aromatic N) is 3. The fourth-order valence-electron chi connectivity index (χ4n) is 2.72. The van der Waals surface area contributed by atoms with Gasteiger partial charge in [0.1, 0.15) is 11.6 Å². The highest BCUT2D eigenvalue weighted by Gasteiger charge is 2.24. The SMILES string of the molecule is CC(=O)N1CCC(Nc2ccnc(Cc3ccccc3)n2)C1. The van der Waals surface area contributed by atoms with Crippen molar-refractivity contribution < 1.29 is 4.79 Å². The summed E-state index contributed by atoms with van der Waals surface area (Å²) < 4.78 is 0. The summed E-state index contributed by atoms with van der Waals surface area (Å²) in [4.78, 5) is 22.2. The van der Waals surface area contributed by atoms with Crippen LogP contribution in [0.15, 0.2) is 42.6 Å². The van der Waals surface area contributed by atoms with Crippen molar-refractivity contribution in [3.05, 3.63) is 54.0 Å². The van der Waals surface area contributed by atoms with Crippen molar-refractivity contribution in [3.63, 3.8) is 0 Å². The summed E-state index contributed by atoms with van der Waals surface area (Å²) in [6.07, 6.45) is 3.46. The number of likely N-dealkylation sites (tertiary alicyclic amines) is 1. The van der Waals surface area contributed by atoms with Crippen LogP contribution in [0.5, 0.6) is 0 Å². The van der Waals surface area contributed by atoms with E-state index in [-0.39, 0.29) is 11.9 Å². The molecule has 1 aliphatic rings. The molecule has 114 valence electrons. The first-order chi connectivity index (χ1) is 10.7. The topological polar surface area (TPSA) is 58.1 Å². The highest BCUT2D eigenvalue weighted by molar-refractivity contribution is 5.73. The maximum absolute atomic E-state index is 11.4. The third-order valence-electron chi connectivity index (χ3n) is 3.90. The van der Waals surface area contributed by atoms with E-state index in [1.165, 1.54) is 5.56 Å². The summed E-state index contributed by atoms with van der Waals surface area (Å²) in [7, 11) is 0. The largest absolute Gasteiger partial charge is 0.365 e. The van der Waals surface area contributed by atoms with Gasteiger partial charge in [-0.1, -0.05) is 30.3 Å². The van der Waals surface area contributed by atoms with Crippen LogP contribution in [0.1, 0.15) is 24.7 Å². The molecule has 1 aliphatic heterocycles. The predicted molar refractivity (Wildman–Crippen MR) is 85.6 cm³/mol. The van der Waals surface area contributed by atoms with Crippen LogP contribution in [0.25, 0.3) is 0 Å². The number of hydrogen-bond acceptors (Lipinski definition) is 4. The second kappa shape index (κ2) is 6.56. The lowest BCUT2D eigenvalue weighted by atomic mass is 10.1. The van der Waals surface area contributed by atoms with Gasteiger partial charge in [0.2, 0.25) is 5.91 Å². The van der Waals surface area contributed by atoms with E-state index >= 15 is 0 Å². The molecule has 1 N–H and O–H groups in total. The van der Waals surface area contributed by atoms with Gasteiger partial charge in [-0.3, -0.25) is 4.79 Å². The molecule has 5 nitrogen and oxygen atoms in total. The Morgan fingerprint density at radius 1 is 1.32 bits per heavy atom. The maximum Gasteiger partial charge on any atom is 0.219 e. The summed E-state index contributed by atoms with van der Waals surface area (Å²) >= 11 is 0. The second-order valence-corrected chi connectivity index (χ2v) is 5.62. The van der Waals surface area contributed by atoms with Crippen LogP contribution in [0.4, 0.5) is 5.82 Å². The predicted octanol–water partition coefficient (Wildman–Crippen LogP) is 2.10. The van der Waals surface area contributed by atoms with E-state index in [0.717, 1.165) is 37.6 Å². The van der Waals surface area contributed by atoms with E-state index in [2.05, 4.69) is 27.4 Å². The molecule has 1 aromatic carbocycles. The molecule has 1 atom stereocenters. The highest BCUT2D eigenvalue weighted by Crippen LogP contribution is 2.15. The fourth-order valence-corrected chi connectivity index (χ4v) is 2.72. The van der Waals surface area contributed by atoms with Gasteiger partial charge in [0, 0.05) is 38.7 Å². The quantitative estimate of drug-likeness (QED) is 0.938. The summed E-state index contributed by atoms with van der Waals surface area (Å²) in [6.45, 7) is 3.17. The third-order valence-corrected chi connectivity index (χ3v) is 3.90. The zero-order valence-corrected chi connectivity index (χ0v) is 12.7. The molecular weight excluding hydrogens is 276 g/mol. The van der Waals surface area contributed by atoms with Gasteiger partial charge < -0.3 is 10.2 Å². The number of benzene rings is 1. The summed E-state index contributed by atoms with van der Waals surface area (Å²) in [5.41, 5.74) is 1.20. The number of rotatable bonds is 4. The second-order valence-electron chi connectivity index (χ2n) is 5.62. The van der Waals surface area contributed by atoms with Gasteiger partial charge in [-0.15, -0.1) is 0 Å². The lowest BCUT2D eigenvalue weighted by Crippen LogP contribution is -2.29. The summed E-state index contributed by atoms with van der Waals surface area (Å²) in [5.74, 6) is 1.77. The minimum atomic E-state index is 0.136. The lowest BCUT2D eigenvalue weighted by Gasteiger charge is -2.15. The molecule has 0 aliphatic carbocycles. The van der Waals surface area contributed by atoms with Gasteiger partial charge in [0.05, 0.1) is 0 Å². The molecule has 0 spiro atoms. The monoisotopic (exact) mass is 296 g/mol. The van der Waals surface area contributed by atoms with Crippen LogP contribution in [0.2, 0.25) is 0 Å². The van der Waals surface area contributed by atoms with E-state index < -0.39 is 0 Å². The van der Waals surface area contributed by atoms with Crippen LogP contribution < -0.4 is 5.32 Å². The molecule has 22 heavy (non-hydrogen) atoms. The molecule has 0 saturated carbocycles. The Morgan fingerprint density at radius 3 is 2.86 bits per heavy atom. The molecule has 0 bridgehead atoms. The summed E-state index contributed by atoms with van der Waals surface area (Å²) in [5, 5.41) is 3.41. The van der Waals surface area contributed by atoms with Gasteiger partial charge in [-0.05, 0) is 18.1 Å². The Hall–Kier alpha value is -2.43. The lowest BCUT2D eigenvalue weighted by molar-refractivity contribution is -0.127. The number of carbonyl (C=O) groups is 1. The minimum absolute atomic E-state index is 0.136. The Balaban J connectivity index is 1.63. The van der Waals surface area contributed by atoms with Crippen LogP contribution in [0, 0.1) is 0 Å². The van der Waals surface area contributed by atoms with Crippen LogP contribution in [-0.2, 0) is 11.2 Å². The number of hydrogen-bond donors (Lipinski definition) is 1. The van der Waals surface area contributed by atoms with Crippen molar-refractivity contribution >= 4 is 11.7 Å². The molecule has 0 radical (unpaired) electrons. The van der Waals surface area contributed by atoms with E-state index in [9.17, 15) is 4.79 Å². The molecule has 3 rings (SSSR count). The first-order valence-electron chi connectivity index (χ1n) is 7.58. The summed E-state index contributed by atoms with van der Waals surface area (Å²) in [6, 6.07) is 12.3. The Morgan fingerprint density at radius 2 is 2.14 bits per heavy atom. The normalized spacial score (nSPS) is 17.5. The minimum Gasteiger partial charge on any atom is -0.365 e. The molecule has 1 saturated heterocycles. The molecule has 1 amide bonds. The number of anilines is 1. The van der Waals surface area contributed by atoms with Gasteiger partial charge >= 0.3 is 0 Å². The van der Waals surface area contributed by atoms with Gasteiger partial charge in [0.25, 0.3) is 0 Å². The zero-order valence-electron chi connectivity index (χ0n) is 12.7. The average molecular weight is 296 g/mol. The zero-order chi connectivity index (χ0) is 15.4. The number of carbonyl (C=O) groups excluding carboxylic acids is 1. The molecule has 1 fully saturated rings. The van der Waals surface area contributed by atoms with E-state index in [1.807, 2.05) is 29.2 Å². The van der Waals surface area contributed by atoms with E-state index in [1.54, 1.807) is 13.1 Å². The molecule has 1 aromatic heterocycles. The van der Waals surface area contributed by atoms with Crippen molar-refractivity contribution in [2.45, 2.75) is 25.8 Å². The Kier molecular flexibility index (Phi) is 4.32. The molecule has 2 aromatic rings. The molecule has 1 unspecified atom stereocenters. The smallest absolute Gasteiger partial charge is 0.219 e. The van der Waals surface area contributed by atoms with Crippen molar-refractivity contribution in [2.24, 2.45) is 0 Å². The van der Waals surface area contributed by atoms with Crippen LogP contribution >= 0.6 is 0 Å². The maximum atomic E-state index is 11.4. The third kappa shape index (κ3) is 3.61. The fraction of sp³-hybridized carbons (Fsp3) is 0.353. The Bertz CT molecular complexity index is 644. The Labute approximate surface area is 130 Å². The molecular formula is C17H20N4O. The van der Waals surface area contributed by atoms with Crippen molar-refractivity contribution in [3.8, 4) is 0 Å². The standard InChI is InChI=1S/C17H20N4O/c1-13(22)21-10-8-15(12-21)19-16-7-9-18-17(20-16)11-14-5-3-2-4-6-14/h2-7,9,15H,8,10-12H2,1H3,(H,18,19,20). The van der Waals surface area contributed by atoms with Crippen LogP contribution in [-0.4, -0.2) is 39.9 Å². The molecule has 2 heterocycles. The number of aromatic nitrogens is 2. The number of nitrogens with one attached hydrogen (secondary N) is 1. The van der Waals surface area contributed by atoms with Gasteiger partial charge in [-0.25, -0.2) is 9.97 Å². The highest BCUT2D eigenvalue weighted by atomic mass is 16.2. The van der Waals surface area contributed by atoms with Crippen molar-refractivity contribution in [1.29, 1.82) is 0 Å². The molecule has 5 heteroatoms. The first-order valence-corrected chi connectivity index (χ1v) is 7.58. The van der Waals surface area contributed by atoms with Gasteiger partial charge in [-0.2, -0.15) is 0 Å². The van der Waals surface area contributed by atoms with E-state index in [0.29, 0.717) is 0 Å². The van der Waals surface area contributed by atoms with Crippen molar-refractivity contribution in [2.75, 3.05) is 18.4 Å². The van der Waals surface area contributed by atoms with Crippen LogP contribution in [0.3, 0.4) is 0 Å². The van der Waals surface area contributed by atoms with E-state index in [4.69, 9.17) is 0 Å².